The van der Waals surface area contributed by atoms with Crippen LogP contribution in [0.15, 0.2) is 47.4 Å². The van der Waals surface area contributed by atoms with E-state index in [-0.39, 0.29) is 30.0 Å². The van der Waals surface area contributed by atoms with Crippen molar-refractivity contribution in [1.82, 2.24) is 25.5 Å². The summed E-state index contributed by atoms with van der Waals surface area (Å²) in [4.78, 5) is 71.2. The summed E-state index contributed by atoms with van der Waals surface area (Å²) >= 11 is 0. The summed E-state index contributed by atoms with van der Waals surface area (Å²) in [6.45, 7) is 4.74. The van der Waals surface area contributed by atoms with Gasteiger partial charge in [-0.15, -0.1) is 0 Å². The first-order valence-corrected chi connectivity index (χ1v) is 12.4. The number of amides is 3. The third kappa shape index (κ3) is 6.10. The van der Waals surface area contributed by atoms with Crippen molar-refractivity contribution in [3.8, 4) is 5.75 Å². The molecule has 2 atom stereocenters. The molecule has 3 aromatic rings. The Labute approximate surface area is 218 Å². The molecule has 2 aromatic heterocycles. The first-order valence-electron chi connectivity index (χ1n) is 12.4. The van der Waals surface area contributed by atoms with E-state index in [9.17, 15) is 24.0 Å². The number of nitrogens with one attached hydrogen (secondary N) is 4. The van der Waals surface area contributed by atoms with Crippen LogP contribution < -0.4 is 20.9 Å². The molecule has 0 bridgehead atoms. The number of carbonyl (C=O) groups excluding carboxylic acids is 4. The van der Waals surface area contributed by atoms with Gasteiger partial charge in [0.2, 0.25) is 11.7 Å². The second kappa shape index (κ2) is 11.3. The minimum atomic E-state index is -1.26. The molecule has 4 N–H and O–H groups in total. The summed E-state index contributed by atoms with van der Waals surface area (Å²) in [5, 5.41) is 6.10. The summed E-state index contributed by atoms with van der Waals surface area (Å²) in [6, 6.07) is 7.91. The molecule has 0 spiro atoms. The Kier molecular flexibility index (Phi) is 7.94. The highest BCUT2D eigenvalue weighted by molar-refractivity contribution is 6.38. The van der Waals surface area contributed by atoms with Gasteiger partial charge in [-0.05, 0) is 36.6 Å². The molecule has 3 heterocycles. The topological polar surface area (TPSA) is 153 Å². The largest absolute Gasteiger partial charge is 0.496 e. The minimum absolute atomic E-state index is 0.0270. The quantitative estimate of drug-likeness (QED) is 0.219. The number of methoxy groups -OCH3 is 1. The van der Waals surface area contributed by atoms with Gasteiger partial charge < -0.3 is 30.2 Å². The SMILES string of the molecule is COc1cccc2[nH]c(C(=O)NC(CC(C)C)C(=O)NC(Cc3ccc[nH]c3=O)C(=O)C(=O)N3CC3)cc12. The molecule has 1 saturated heterocycles. The summed E-state index contributed by atoms with van der Waals surface area (Å²) in [5.74, 6) is -2.02. The maximum atomic E-state index is 13.4. The molecule has 4 rings (SSSR count). The van der Waals surface area contributed by atoms with Gasteiger partial charge in [0.25, 0.3) is 17.4 Å². The summed E-state index contributed by atoms with van der Waals surface area (Å²) in [6.07, 6.45) is 1.58. The van der Waals surface area contributed by atoms with E-state index < -0.39 is 41.1 Å². The number of H-pyrrole nitrogens is 2. The van der Waals surface area contributed by atoms with Gasteiger partial charge in [0.15, 0.2) is 0 Å². The number of hydrogen-bond donors (Lipinski definition) is 4. The van der Waals surface area contributed by atoms with Crippen LogP contribution in [0.5, 0.6) is 5.75 Å². The van der Waals surface area contributed by atoms with Crippen LogP contribution in [0.25, 0.3) is 10.9 Å². The summed E-state index contributed by atoms with van der Waals surface area (Å²) in [7, 11) is 1.54. The van der Waals surface area contributed by atoms with E-state index in [0.29, 0.717) is 24.4 Å². The molecule has 1 fully saturated rings. The van der Waals surface area contributed by atoms with E-state index in [1.807, 2.05) is 13.8 Å². The molecule has 1 aliphatic heterocycles. The smallest absolute Gasteiger partial charge is 0.292 e. The lowest BCUT2D eigenvalue weighted by atomic mass is 9.99. The third-order valence-corrected chi connectivity index (χ3v) is 6.32. The van der Waals surface area contributed by atoms with Crippen LogP contribution in [0.2, 0.25) is 0 Å². The Morgan fingerprint density at radius 3 is 2.47 bits per heavy atom. The number of aromatic amines is 2. The molecule has 2 unspecified atom stereocenters. The number of pyridine rings is 1. The molecule has 3 amide bonds. The van der Waals surface area contributed by atoms with Crippen molar-refractivity contribution in [2.45, 2.75) is 38.8 Å². The number of ketones is 1. The number of Topliss-reactive ketones (excluding diaryl/α,β-unsaturated/α-hetero) is 1. The number of fused-ring (bicyclic) bond motifs is 1. The predicted molar refractivity (Wildman–Crippen MR) is 140 cm³/mol. The van der Waals surface area contributed by atoms with Crippen LogP contribution in [0.3, 0.4) is 0 Å². The number of rotatable bonds is 11. The zero-order valence-electron chi connectivity index (χ0n) is 21.5. The highest BCUT2D eigenvalue weighted by atomic mass is 16.5. The molecule has 0 saturated carbocycles. The molecule has 38 heavy (non-hydrogen) atoms. The zero-order valence-corrected chi connectivity index (χ0v) is 21.5. The molecule has 11 heteroatoms. The standard InChI is InChI=1S/C27H31N5O6/c1-15(2)12-20(31-26(36)21-14-17-18(29-21)7-4-8-22(17)38-3)25(35)30-19(23(33)27(37)32-10-11-32)13-16-6-5-9-28-24(16)34/h4-9,14-15,19-20,29H,10-13H2,1-3H3,(H,28,34)(H,30,35)(H,31,36). The molecular formula is C27H31N5O6. The van der Waals surface area contributed by atoms with E-state index in [4.69, 9.17) is 4.74 Å². The van der Waals surface area contributed by atoms with Crippen molar-refractivity contribution < 1.29 is 23.9 Å². The van der Waals surface area contributed by atoms with Crippen LogP contribution in [0, 0.1) is 5.92 Å². The summed E-state index contributed by atoms with van der Waals surface area (Å²) in [5.41, 5.74) is 0.777. The number of hydrogen-bond acceptors (Lipinski definition) is 6. The van der Waals surface area contributed by atoms with Gasteiger partial charge in [0, 0.05) is 42.2 Å². The Bertz CT molecular complexity index is 1420. The van der Waals surface area contributed by atoms with Gasteiger partial charge in [0.1, 0.15) is 23.5 Å². The number of carbonyl (C=O) groups is 4. The van der Waals surface area contributed by atoms with Crippen LogP contribution in [-0.2, 0) is 20.8 Å². The second-order valence-corrected chi connectivity index (χ2v) is 9.71. The fraction of sp³-hybridized carbons (Fsp3) is 0.370. The number of benzene rings is 1. The first kappa shape index (κ1) is 26.6. The maximum absolute atomic E-state index is 13.4. The van der Waals surface area contributed by atoms with Crippen molar-refractivity contribution in [3.63, 3.8) is 0 Å². The van der Waals surface area contributed by atoms with Crippen molar-refractivity contribution in [1.29, 1.82) is 0 Å². The van der Waals surface area contributed by atoms with Crippen molar-refractivity contribution in [2.75, 3.05) is 20.2 Å². The van der Waals surface area contributed by atoms with E-state index in [0.717, 1.165) is 5.39 Å². The lowest BCUT2D eigenvalue weighted by Crippen LogP contribution is -2.54. The maximum Gasteiger partial charge on any atom is 0.292 e. The summed E-state index contributed by atoms with van der Waals surface area (Å²) < 4.78 is 5.35. The fourth-order valence-electron chi connectivity index (χ4n) is 4.24. The average Bonchev–Trinajstić information content (AvgIpc) is 3.65. The number of ether oxygens (including phenoxy) is 1. The molecule has 0 aliphatic carbocycles. The van der Waals surface area contributed by atoms with Gasteiger partial charge >= 0.3 is 0 Å². The second-order valence-electron chi connectivity index (χ2n) is 9.71. The zero-order chi connectivity index (χ0) is 27.4. The van der Waals surface area contributed by atoms with Gasteiger partial charge in [-0.1, -0.05) is 26.0 Å². The minimum Gasteiger partial charge on any atom is -0.496 e. The molecule has 200 valence electrons. The Balaban J connectivity index is 1.55. The predicted octanol–water partition coefficient (Wildman–Crippen LogP) is 1.15. The van der Waals surface area contributed by atoms with Crippen molar-refractivity contribution >= 4 is 34.4 Å². The van der Waals surface area contributed by atoms with Crippen molar-refractivity contribution in [2.24, 2.45) is 5.92 Å². The molecule has 1 aliphatic rings. The lowest BCUT2D eigenvalue weighted by Gasteiger charge is -2.23. The average molecular weight is 522 g/mol. The lowest BCUT2D eigenvalue weighted by molar-refractivity contribution is -0.143. The first-order chi connectivity index (χ1) is 18.2. The normalized spacial score (nSPS) is 14.2. The van der Waals surface area contributed by atoms with Crippen LogP contribution >= 0.6 is 0 Å². The van der Waals surface area contributed by atoms with Gasteiger partial charge in [-0.3, -0.25) is 24.0 Å². The van der Waals surface area contributed by atoms with Crippen LogP contribution in [0.1, 0.15) is 36.3 Å². The van der Waals surface area contributed by atoms with E-state index in [2.05, 4.69) is 20.6 Å². The van der Waals surface area contributed by atoms with E-state index >= 15 is 0 Å². The van der Waals surface area contributed by atoms with Crippen LogP contribution in [0.4, 0.5) is 0 Å². The molecule has 11 nitrogen and oxygen atoms in total. The molecular weight excluding hydrogens is 490 g/mol. The highest BCUT2D eigenvalue weighted by Crippen LogP contribution is 2.26. The Morgan fingerprint density at radius 1 is 1.05 bits per heavy atom. The van der Waals surface area contributed by atoms with E-state index in [1.54, 1.807) is 30.3 Å². The van der Waals surface area contributed by atoms with E-state index in [1.165, 1.54) is 24.3 Å². The highest BCUT2D eigenvalue weighted by Gasteiger charge is 2.36. The van der Waals surface area contributed by atoms with Gasteiger partial charge in [-0.25, -0.2) is 0 Å². The van der Waals surface area contributed by atoms with Crippen molar-refractivity contribution in [3.05, 3.63) is 64.2 Å². The van der Waals surface area contributed by atoms with Crippen LogP contribution in [-0.4, -0.2) is 70.7 Å². The molecule has 1 aromatic carbocycles. The van der Waals surface area contributed by atoms with Gasteiger partial charge in [-0.2, -0.15) is 0 Å². The number of nitrogens with zero attached hydrogens (tertiary/aromatic N) is 1. The molecule has 0 radical (unpaired) electrons. The third-order valence-electron chi connectivity index (χ3n) is 6.32. The number of aromatic nitrogens is 2. The monoisotopic (exact) mass is 521 g/mol. The fourth-order valence-corrected chi connectivity index (χ4v) is 4.24. The van der Waals surface area contributed by atoms with Gasteiger partial charge in [0.05, 0.1) is 7.11 Å². The Morgan fingerprint density at radius 2 is 1.82 bits per heavy atom. The Hall–Kier alpha value is -4.41.